The lowest BCUT2D eigenvalue weighted by molar-refractivity contribution is 0.0503. The Hall–Kier alpha value is -5.14. The van der Waals surface area contributed by atoms with E-state index in [1.54, 1.807) is 25.1 Å². The van der Waals surface area contributed by atoms with Gasteiger partial charge in [0, 0.05) is 61.7 Å². The molecule has 0 spiro atoms. The summed E-state index contributed by atoms with van der Waals surface area (Å²) in [6.45, 7) is 4.18. The number of carbonyl (C=O) groups excluding carboxylic acids is 2. The van der Waals surface area contributed by atoms with E-state index in [0.29, 0.717) is 6.54 Å². The van der Waals surface area contributed by atoms with E-state index in [0.717, 1.165) is 12.3 Å². The Labute approximate surface area is 266 Å². The molecule has 244 valence electrons. The summed E-state index contributed by atoms with van der Waals surface area (Å²) in [5.74, 6) is -4.88. The topological polar surface area (TPSA) is 150 Å². The first kappa shape index (κ1) is 31.8. The summed E-state index contributed by atoms with van der Waals surface area (Å²) in [7, 11) is 0. The summed E-state index contributed by atoms with van der Waals surface area (Å²) in [6, 6.07) is 9.72. The molecule has 1 aromatic heterocycles. The van der Waals surface area contributed by atoms with Gasteiger partial charge in [-0.15, -0.1) is 0 Å². The number of β-amino-alcohol motifs (C(OH)–C–C–N with tert-alkyl or cyclic N) is 1. The van der Waals surface area contributed by atoms with Crippen LogP contribution in [0.3, 0.4) is 0 Å². The van der Waals surface area contributed by atoms with Gasteiger partial charge in [-0.1, -0.05) is 24.3 Å². The first-order valence-corrected chi connectivity index (χ1v) is 15.1. The van der Waals surface area contributed by atoms with Gasteiger partial charge in [-0.25, -0.2) is 13.6 Å². The maximum atomic E-state index is 15.9. The normalized spacial score (nSPS) is 17.0. The van der Waals surface area contributed by atoms with Crippen molar-refractivity contribution in [3.05, 3.63) is 98.3 Å². The van der Waals surface area contributed by atoms with E-state index in [9.17, 15) is 34.5 Å². The number of phenols is 1. The Balaban J connectivity index is 1.14. The molecular weight excluding hydrogens is 616 g/mol. The van der Waals surface area contributed by atoms with E-state index in [-0.39, 0.29) is 89.2 Å². The molecule has 0 bridgehead atoms. The molecule has 0 amide bonds. The van der Waals surface area contributed by atoms with Crippen LogP contribution in [0.5, 0.6) is 11.5 Å². The Bertz CT molecular complexity index is 2030. The van der Waals surface area contributed by atoms with E-state index in [4.69, 9.17) is 4.74 Å². The number of nitrogens with zero attached hydrogens (tertiary/aromatic N) is 3. The summed E-state index contributed by atoms with van der Waals surface area (Å²) in [5.41, 5.74) is -1.70. The van der Waals surface area contributed by atoms with Crippen LogP contribution in [0.25, 0.3) is 10.9 Å². The van der Waals surface area contributed by atoms with Gasteiger partial charge < -0.3 is 29.5 Å². The number of aryl methyl sites for hydroxylation is 1. The van der Waals surface area contributed by atoms with Crippen LogP contribution in [0.1, 0.15) is 56.0 Å². The number of ketones is 2. The fraction of sp³-hybridized carbons (Fsp3) is 0.294. The molecule has 2 aliphatic rings. The Morgan fingerprint density at radius 3 is 2.40 bits per heavy atom. The monoisotopic (exact) mass is 647 g/mol. The predicted molar refractivity (Wildman–Crippen MR) is 167 cm³/mol. The summed E-state index contributed by atoms with van der Waals surface area (Å²) in [6.07, 6.45) is 0.0105. The van der Waals surface area contributed by atoms with Crippen LogP contribution in [0.4, 0.5) is 14.5 Å². The molecule has 0 radical (unpaired) electrons. The summed E-state index contributed by atoms with van der Waals surface area (Å²) in [4.78, 5) is 53.6. The van der Waals surface area contributed by atoms with Crippen molar-refractivity contribution in [3.8, 4) is 11.5 Å². The number of benzene rings is 3. The first-order chi connectivity index (χ1) is 22.4. The van der Waals surface area contributed by atoms with Gasteiger partial charge in [0.05, 0.1) is 16.5 Å². The van der Waals surface area contributed by atoms with E-state index in [2.05, 4.69) is 0 Å². The zero-order chi connectivity index (χ0) is 33.7. The summed E-state index contributed by atoms with van der Waals surface area (Å²) in [5, 5.41) is 30.7. The highest BCUT2D eigenvalue weighted by molar-refractivity contribution is 6.29. The van der Waals surface area contributed by atoms with Gasteiger partial charge in [0.25, 0.3) is 0 Å². The zero-order valence-electron chi connectivity index (χ0n) is 25.5. The number of phenolic OH excluding ortho intramolecular Hbond substituents is 1. The number of aromatic carboxylic acids is 1. The molecule has 1 saturated heterocycles. The van der Waals surface area contributed by atoms with Crippen LogP contribution in [0.2, 0.25) is 0 Å². The number of aliphatic hydroxyl groups excluding tert-OH is 1. The molecule has 1 fully saturated rings. The second-order valence-electron chi connectivity index (χ2n) is 11.7. The minimum absolute atomic E-state index is 0.0630. The number of carboxylic acid groups (broad SMARTS) is 1. The Morgan fingerprint density at radius 2 is 1.74 bits per heavy atom. The van der Waals surface area contributed by atoms with E-state index in [1.807, 2.05) is 11.8 Å². The van der Waals surface area contributed by atoms with Gasteiger partial charge in [-0.2, -0.15) is 0 Å². The van der Waals surface area contributed by atoms with Crippen molar-refractivity contribution in [1.29, 1.82) is 0 Å². The average Bonchev–Trinajstić information content (AvgIpc) is 3.04. The highest BCUT2D eigenvalue weighted by Crippen LogP contribution is 2.39. The van der Waals surface area contributed by atoms with E-state index < -0.39 is 46.2 Å². The van der Waals surface area contributed by atoms with Crippen LogP contribution >= 0.6 is 0 Å². The minimum Gasteiger partial charge on any atom is -0.504 e. The fourth-order valence-electron chi connectivity index (χ4n) is 6.41. The van der Waals surface area contributed by atoms with Crippen molar-refractivity contribution in [3.63, 3.8) is 0 Å². The number of carboxylic acids is 1. The zero-order valence-corrected chi connectivity index (χ0v) is 25.5. The van der Waals surface area contributed by atoms with Crippen molar-refractivity contribution in [1.82, 2.24) is 9.47 Å². The standard InChI is InChI=1S/C34H31F2N3O8/c1-3-37-15-23(34(45)46)31(42)22-12-24(35)29(27(36)28(22)37)39-11-10-38(17(2)13-39)14-18(40)16-47-25-9-8-21-26(33(25)44)32(43)20-7-5-4-6-19(20)30(21)41/h4-9,12,15,17-18,40,44H,3,10-11,13-14,16H2,1-2H3,(H,45,46). The lowest BCUT2D eigenvalue weighted by Crippen LogP contribution is -2.54. The van der Waals surface area contributed by atoms with Crippen LogP contribution in [0, 0.1) is 11.6 Å². The van der Waals surface area contributed by atoms with Gasteiger partial charge in [-0.05, 0) is 32.0 Å². The number of anilines is 1. The average molecular weight is 648 g/mol. The Kier molecular flexibility index (Phi) is 8.28. The number of hydrogen-bond acceptors (Lipinski definition) is 9. The largest absolute Gasteiger partial charge is 0.504 e. The maximum Gasteiger partial charge on any atom is 0.341 e. The number of aliphatic hydroxyl groups is 1. The van der Waals surface area contributed by atoms with Crippen LogP contribution < -0.4 is 15.1 Å². The molecule has 13 heteroatoms. The number of aromatic nitrogens is 1. The quantitative estimate of drug-likeness (QED) is 0.229. The third-order valence-electron chi connectivity index (χ3n) is 8.79. The molecular formula is C34H31F2N3O8. The van der Waals surface area contributed by atoms with E-state index in [1.165, 1.54) is 27.7 Å². The maximum absolute atomic E-state index is 15.9. The van der Waals surface area contributed by atoms with E-state index >= 15 is 8.78 Å². The summed E-state index contributed by atoms with van der Waals surface area (Å²) < 4.78 is 38.2. The molecule has 4 aromatic rings. The molecule has 2 heterocycles. The smallest absolute Gasteiger partial charge is 0.341 e. The van der Waals surface area contributed by atoms with Crippen molar-refractivity contribution >= 4 is 34.1 Å². The fourth-order valence-corrected chi connectivity index (χ4v) is 6.41. The third-order valence-corrected chi connectivity index (χ3v) is 8.79. The molecule has 1 aliphatic heterocycles. The molecule has 0 saturated carbocycles. The number of carbonyl (C=O) groups is 3. The minimum atomic E-state index is -1.49. The van der Waals surface area contributed by atoms with Crippen molar-refractivity contribution in [2.24, 2.45) is 0 Å². The highest BCUT2D eigenvalue weighted by Gasteiger charge is 2.34. The van der Waals surface area contributed by atoms with Crippen molar-refractivity contribution in [2.75, 3.05) is 37.7 Å². The molecule has 1 aliphatic carbocycles. The number of aromatic hydroxyl groups is 1. The van der Waals surface area contributed by atoms with Gasteiger partial charge in [0.15, 0.2) is 28.9 Å². The predicted octanol–water partition coefficient (Wildman–Crippen LogP) is 3.43. The van der Waals surface area contributed by atoms with Crippen LogP contribution in [-0.4, -0.2) is 87.3 Å². The molecule has 47 heavy (non-hydrogen) atoms. The number of rotatable bonds is 8. The van der Waals surface area contributed by atoms with Gasteiger partial charge >= 0.3 is 5.97 Å². The number of fused-ring (bicyclic) bond motifs is 3. The third kappa shape index (κ3) is 5.40. The number of hydrogen-bond donors (Lipinski definition) is 3. The van der Waals surface area contributed by atoms with Crippen LogP contribution in [0.15, 0.2) is 53.5 Å². The SMILES string of the molecule is CCn1cc(C(=O)O)c(=O)c2cc(F)c(N3CCN(CC(O)COc4ccc5c(c4O)C(=O)c4ccccc4C5=O)C(C)C3)c(F)c21. The van der Waals surface area contributed by atoms with Crippen LogP contribution in [-0.2, 0) is 6.54 Å². The van der Waals surface area contributed by atoms with Crippen molar-refractivity contribution < 1.29 is 43.2 Å². The number of ether oxygens (including phenoxy) is 1. The summed E-state index contributed by atoms with van der Waals surface area (Å²) >= 11 is 0. The highest BCUT2D eigenvalue weighted by atomic mass is 19.1. The lowest BCUT2D eigenvalue weighted by atomic mass is 9.83. The van der Waals surface area contributed by atoms with Gasteiger partial charge in [0.2, 0.25) is 5.43 Å². The van der Waals surface area contributed by atoms with Crippen molar-refractivity contribution in [2.45, 2.75) is 32.5 Å². The Morgan fingerprint density at radius 1 is 1.04 bits per heavy atom. The molecule has 11 nitrogen and oxygen atoms in total. The number of halogens is 2. The molecule has 3 aromatic carbocycles. The second-order valence-corrected chi connectivity index (χ2v) is 11.7. The second kappa shape index (κ2) is 12.2. The number of piperazine rings is 1. The molecule has 2 unspecified atom stereocenters. The molecule has 6 rings (SSSR count). The molecule has 2 atom stereocenters. The molecule has 3 N–H and O–H groups in total. The lowest BCUT2D eigenvalue weighted by Gasteiger charge is -2.41. The van der Waals surface area contributed by atoms with Gasteiger partial charge in [-0.3, -0.25) is 19.3 Å². The first-order valence-electron chi connectivity index (χ1n) is 15.1. The number of pyridine rings is 1. The van der Waals surface area contributed by atoms with Gasteiger partial charge in [0.1, 0.15) is 29.8 Å².